The van der Waals surface area contributed by atoms with Crippen molar-refractivity contribution >= 4 is 46.6 Å². The number of benzene rings is 1. The molecule has 5 aromatic rings. The van der Waals surface area contributed by atoms with Crippen LogP contribution in [0.25, 0.3) is 0 Å². The molecule has 174 valence electrons. The van der Waals surface area contributed by atoms with Crippen LogP contribution in [0.15, 0.2) is 116 Å². The molecule has 0 aliphatic heterocycles. The molecule has 0 radical (unpaired) electrons. The maximum atomic E-state index is 14.9. The molecule has 0 saturated heterocycles. The van der Waals surface area contributed by atoms with E-state index in [9.17, 15) is 14.4 Å². The zero-order valence-corrected chi connectivity index (χ0v) is 20.7. The van der Waals surface area contributed by atoms with Gasteiger partial charge in [-0.3, -0.25) is 19.9 Å². The number of nitriles is 1. The van der Waals surface area contributed by atoms with Gasteiger partial charge in [0.05, 0.1) is 11.6 Å². The number of hydrogen-bond acceptors (Lipinski definition) is 7. The topological polar surface area (TPSA) is 109 Å². The Kier molecular flexibility index (Phi) is 6.40. The summed E-state index contributed by atoms with van der Waals surface area (Å²) in [6.45, 7) is 0. The molecule has 0 atom stereocenters. The lowest BCUT2D eigenvalue weighted by atomic mass is 10.2. The van der Waals surface area contributed by atoms with Crippen molar-refractivity contribution in [3.05, 3.63) is 121 Å². The van der Waals surface area contributed by atoms with Crippen molar-refractivity contribution < 1.29 is 9.13 Å². The first-order chi connectivity index (χ1) is 17.6. The molecular formula is C27H19N5O2P2. The number of nitrogens with zero attached hydrogens (tertiary/aromatic N) is 5. The molecule has 4 heterocycles. The Morgan fingerprint density at radius 2 is 0.861 bits per heavy atom. The van der Waals surface area contributed by atoms with E-state index in [1.807, 2.05) is 0 Å². The molecule has 0 unspecified atom stereocenters. The van der Waals surface area contributed by atoms with Crippen molar-refractivity contribution in [3.8, 4) is 6.07 Å². The summed E-state index contributed by atoms with van der Waals surface area (Å²) in [6, 6.07) is 27.5. The zero-order valence-electron chi connectivity index (χ0n) is 18.9. The highest BCUT2D eigenvalue weighted by Gasteiger charge is 2.37. The fraction of sp³-hybridized carbons (Fsp3) is 0. The molecule has 0 bridgehead atoms. The maximum absolute atomic E-state index is 14.9. The highest BCUT2D eigenvalue weighted by molar-refractivity contribution is 7.86. The summed E-state index contributed by atoms with van der Waals surface area (Å²) in [5.74, 6) is 0. The van der Waals surface area contributed by atoms with E-state index in [1.165, 1.54) is 0 Å². The van der Waals surface area contributed by atoms with E-state index < -0.39 is 14.3 Å². The molecule has 0 amide bonds. The molecule has 0 aliphatic carbocycles. The molecule has 7 nitrogen and oxygen atoms in total. The van der Waals surface area contributed by atoms with Gasteiger partial charge in [0.25, 0.3) is 0 Å². The van der Waals surface area contributed by atoms with E-state index in [4.69, 9.17) is 0 Å². The van der Waals surface area contributed by atoms with Crippen molar-refractivity contribution in [3.63, 3.8) is 0 Å². The van der Waals surface area contributed by atoms with Crippen molar-refractivity contribution in [2.75, 3.05) is 0 Å². The van der Waals surface area contributed by atoms with Crippen LogP contribution in [0, 0.1) is 11.3 Å². The van der Waals surface area contributed by atoms with Gasteiger partial charge in [0.2, 0.25) is 14.3 Å². The summed E-state index contributed by atoms with van der Waals surface area (Å²) in [5, 5.41) is 10.5. The predicted octanol–water partition coefficient (Wildman–Crippen LogP) is 2.42. The van der Waals surface area contributed by atoms with Crippen LogP contribution < -0.4 is 32.3 Å². The number of hydrogen-bond donors (Lipinski definition) is 0. The van der Waals surface area contributed by atoms with E-state index in [2.05, 4.69) is 26.0 Å². The van der Waals surface area contributed by atoms with Crippen LogP contribution in [-0.2, 0) is 9.13 Å². The monoisotopic (exact) mass is 507 g/mol. The lowest BCUT2D eigenvalue weighted by Crippen LogP contribution is -2.33. The molecular weight excluding hydrogens is 488 g/mol. The van der Waals surface area contributed by atoms with Gasteiger partial charge < -0.3 is 9.13 Å². The maximum Gasteiger partial charge on any atom is 0.206 e. The average molecular weight is 507 g/mol. The SMILES string of the molecule is N#Cc1cc(P(=O)(c2ccccn2)c2ccccn2)cc(P(=O)(c2ccccn2)c2ccccn2)c1. The summed E-state index contributed by atoms with van der Waals surface area (Å²) in [5.41, 5.74) is 1.47. The van der Waals surface area contributed by atoms with E-state index in [0.29, 0.717) is 32.3 Å². The lowest BCUT2D eigenvalue weighted by molar-refractivity contribution is 0.591. The molecule has 0 aliphatic rings. The Morgan fingerprint density at radius 1 is 0.528 bits per heavy atom. The first kappa shape index (κ1) is 23.5. The minimum atomic E-state index is -3.63. The molecule has 5 rings (SSSR count). The van der Waals surface area contributed by atoms with Crippen LogP contribution in [0.2, 0.25) is 0 Å². The van der Waals surface area contributed by atoms with Gasteiger partial charge in [-0.2, -0.15) is 5.26 Å². The van der Waals surface area contributed by atoms with Crippen LogP contribution in [0.3, 0.4) is 0 Å². The third-order valence-corrected chi connectivity index (χ3v) is 11.3. The van der Waals surface area contributed by atoms with Crippen LogP contribution >= 0.6 is 14.3 Å². The Balaban J connectivity index is 1.84. The Labute approximate surface area is 208 Å². The number of pyridine rings is 4. The molecule has 1 aromatic carbocycles. The highest BCUT2D eigenvalue weighted by atomic mass is 31.2. The summed E-state index contributed by atoms with van der Waals surface area (Å²) >= 11 is 0. The van der Waals surface area contributed by atoms with Crippen LogP contribution in [0.5, 0.6) is 0 Å². The minimum absolute atomic E-state index is 0.210. The van der Waals surface area contributed by atoms with Crippen molar-refractivity contribution in [1.29, 1.82) is 5.26 Å². The van der Waals surface area contributed by atoms with Crippen LogP contribution in [0.1, 0.15) is 5.56 Å². The second kappa shape index (κ2) is 9.79. The van der Waals surface area contributed by atoms with Gasteiger partial charge in [0, 0.05) is 35.4 Å². The Morgan fingerprint density at radius 3 is 1.11 bits per heavy atom. The molecule has 4 aromatic heterocycles. The van der Waals surface area contributed by atoms with Gasteiger partial charge >= 0.3 is 0 Å². The zero-order chi connectivity index (χ0) is 25.0. The summed E-state index contributed by atoms with van der Waals surface area (Å²) in [6.07, 6.45) is 6.25. The lowest BCUT2D eigenvalue weighted by Gasteiger charge is -2.22. The third kappa shape index (κ3) is 4.07. The second-order valence-electron chi connectivity index (χ2n) is 7.82. The summed E-state index contributed by atoms with van der Waals surface area (Å²) in [7, 11) is -7.26. The third-order valence-electron chi connectivity index (χ3n) is 5.65. The van der Waals surface area contributed by atoms with Gasteiger partial charge in [-0.05, 0) is 66.7 Å². The molecule has 0 N–H and O–H groups in total. The van der Waals surface area contributed by atoms with Gasteiger partial charge in [-0.1, -0.05) is 24.3 Å². The molecule has 0 saturated carbocycles. The Bertz CT molecular complexity index is 1440. The van der Waals surface area contributed by atoms with E-state index in [0.717, 1.165) is 0 Å². The van der Waals surface area contributed by atoms with E-state index in [-0.39, 0.29) is 5.56 Å². The smallest absolute Gasteiger partial charge is 0.206 e. The molecule has 0 fully saturated rings. The molecule has 9 heteroatoms. The van der Waals surface area contributed by atoms with Crippen LogP contribution in [-0.4, -0.2) is 19.9 Å². The van der Waals surface area contributed by atoms with Crippen molar-refractivity contribution in [2.24, 2.45) is 0 Å². The summed E-state index contributed by atoms with van der Waals surface area (Å²) < 4.78 is 29.8. The number of aromatic nitrogens is 4. The van der Waals surface area contributed by atoms with E-state index in [1.54, 1.807) is 116 Å². The second-order valence-corrected chi connectivity index (χ2v) is 13.1. The van der Waals surface area contributed by atoms with Gasteiger partial charge in [-0.25, -0.2) is 0 Å². The number of rotatable bonds is 6. The van der Waals surface area contributed by atoms with Gasteiger partial charge in [0.1, 0.15) is 21.7 Å². The summed E-state index contributed by atoms with van der Waals surface area (Å²) in [4.78, 5) is 17.5. The van der Waals surface area contributed by atoms with Crippen molar-refractivity contribution in [1.82, 2.24) is 19.9 Å². The highest BCUT2D eigenvalue weighted by Crippen LogP contribution is 2.44. The molecule has 36 heavy (non-hydrogen) atoms. The standard InChI is InChI=1S/C27H19N5O2P2/c28-20-21-17-22(35(33,24-9-1-5-13-29-24)25-10-2-6-14-30-25)19-23(18-21)36(34,26-11-3-7-15-31-26)27-12-4-8-16-32-27/h1-19H. The van der Waals surface area contributed by atoms with Gasteiger partial charge in [-0.15, -0.1) is 0 Å². The van der Waals surface area contributed by atoms with Gasteiger partial charge in [0.15, 0.2) is 0 Å². The predicted molar refractivity (Wildman–Crippen MR) is 141 cm³/mol. The first-order valence-electron chi connectivity index (χ1n) is 11.0. The fourth-order valence-corrected chi connectivity index (χ4v) is 8.96. The average Bonchev–Trinajstić information content (AvgIpc) is 2.97. The first-order valence-corrected chi connectivity index (χ1v) is 14.4. The minimum Gasteiger partial charge on any atom is -0.305 e. The van der Waals surface area contributed by atoms with E-state index >= 15 is 0 Å². The van der Waals surface area contributed by atoms with Crippen LogP contribution in [0.4, 0.5) is 0 Å². The fourth-order valence-electron chi connectivity index (χ4n) is 3.95. The molecule has 0 spiro atoms. The Hall–Kier alpha value is -4.23. The largest absolute Gasteiger partial charge is 0.305 e. The quantitative estimate of drug-likeness (QED) is 0.325. The van der Waals surface area contributed by atoms with Crippen molar-refractivity contribution in [2.45, 2.75) is 0 Å². The normalized spacial score (nSPS) is 11.5.